The lowest BCUT2D eigenvalue weighted by Gasteiger charge is -2.35. The molecule has 0 spiro atoms. The molecule has 0 unspecified atom stereocenters. The Morgan fingerprint density at radius 1 is 1.33 bits per heavy atom. The summed E-state index contributed by atoms with van der Waals surface area (Å²) in [7, 11) is 0. The number of rotatable bonds is 3. The molecule has 3 rings (SSSR count). The van der Waals surface area contributed by atoms with Crippen molar-refractivity contribution in [2.45, 2.75) is 96.7 Å². The van der Waals surface area contributed by atoms with Gasteiger partial charge in [-0.05, 0) is 31.8 Å². The maximum Gasteiger partial charge on any atom is 0.309 e. The Morgan fingerprint density at radius 3 is 2.69 bits per heavy atom. The average Bonchev–Trinajstić information content (AvgIpc) is 3.42. The van der Waals surface area contributed by atoms with E-state index in [1.165, 1.54) is 31.3 Å². The normalized spacial score (nSPS) is 34.4. The first-order chi connectivity index (χ1) is 16.9. The van der Waals surface area contributed by atoms with Gasteiger partial charge in [0.1, 0.15) is 11.6 Å². The minimum Gasteiger partial charge on any atom is -0.455 e. The number of nitrogens with zero attached hydrogens (tertiary/aromatic N) is 1. The van der Waals surface area contributed by atoms with Crippen molar-refractivity contribution in [3.63, 3.8) is 0 Å². The van der Waals surface area contributed by atoms with Crippen LogP contribution in [0.3, 0.4) is 0 Å². The van der Waals surface area contributed by atoms with Crippen LogP contribution in [0.25, 0.3) is 6.08 Å². The maximum absolute atomic E-state index is 15.2. The molecule has 7 nitrogen and oxygen atoms in total. The van der Waals surface area contributed by atoms with Gasteiger partial charge in [0.25, 0.3) is 0 Å². The summed E-state index contributed by atoms with van der Waals surface area (Å²) in [5, 5.41) is 24.3. The number of hydrogen-bond donors (Lipinski definition) is 2. The average molecular weight is 522 g/mol. The largest absolute Gasteiger partial charge is 0.455 e. The van der Waals surface area contributed by atoms with E-state index in [0.717, 1.165) is 11.4 Å². The molecule has 0 aromatic carbocycles. The van der Waals surface area contributed by atoms with Gasteiger partial charge in [0, 0.05) is 18.2 Å². The Hall–Kier alpha value is -2.12. The second-order valence-electron chi connectivity index (χ2n) is 10.5. The van der Waals surface area contributed by atoms with Crippen LogP contribution in [0.15, 0.2) is 11.2 Å². The number of carbonyl (C=O) groups is 2. The standard InChI is InChI=1S/C27H36FNO6S/c1-6-8-18-25(32)15(2)9-7-10-20-22(34-20)12-21(19(28)11-17-14-36-16(3)29-17)35-24(31)13-23(30)27(4,5)26(18)33/h1,11,14-15,18,20-23,25,30,32H,7-10,12-13H2,2-5H3/b19-11-/t15-,18-,20-,21+,22-,23-,25+/m1/s1. The van der Waals surface area contributed by atoms with Crippen LogP contribution in [0.2, 0.25) is 0 Å². The van der Waals surface area contributed by atoms with Crippen LogP contribution in [-0.2, 0) is 19.1 Å². The van der Waals surface area contributed by atoms with E-state index in [-0.39, 0.29) is 31.0 Å². The fourth-order valence-electron chi connectivity index (χ4n) is 4.71. The number of aryl methyl sites for hydroxylation is 1. The van der Waals surface area contributed by atoms with E-state index < -0.39 is 53.6 Å². The van der Waals surface area contributed by atoms with Crippen LogP contribution >= 0.6 is 11.3 Å². The number of aromatic nitrogens is 1. The summed E-state index contributed by atoms with van der Waals surface area (Å²) in [6.45, 7) is 6.71. The van der Waals surface area contributed by atoms with Gasteiger partial charge in [-0.25, -0.2) is 9.37 Å². The number of halogens is 1. The second kappa shape index (κ2) is 12.0. The molecule has 2 N–H and O–H groups in total. The zero-order valence-electron chi connectivity index (χ0n) is 21.3. The molecule has 0 saturated carbocycles. The molecule has 1 aromatic rings. The molecular weight excluding hydrogens is 485 g/mol. The number of thiazole rings is 1. The third-order valence-corrected chi connectivity index (χ3v) is 8.08. The molecule has 7 atom stereocenters. The molecule has 3 heterocycles. The van der Waals surface area contributed by atoms with Gasteiger partial charge in [0.05, 0.1) is 52.9 Å². The smallest absolute Gasteiger partial charge is 0.309 e. The highest BCUT2D eigenvalue weighted by Crippen LogP contribution is 2.37. The van der Waals surface area contributed by atoms with Crippen molar-refractivity contribution in [2.75, 3.05) is 0 Å². The van der Waals surface area contributed by atoms with E-state index in [1.54, 1.807) is 5.38 Å². The Morgan fingerprint density at radius 2 is 2.06 bits per heavy atom. The Labute approximate surface area is 216 Å². The third-order valence-electron chi connectivity index (χ3n) is 7.28. The number of aliphatic hydroxyl groups excluding tert-OH is 2. The van der Waals surface area contributed by atoms with Crippen molar-refractivity contribution < 1.29 is 33.7 Å². The molecule has 0 radical (unpaired) electrons. The summed E-state index contributed by atoms with van der Waals surface area (Å²) in [4.78, 5) is 30.4. The maximum atomic E-state index is 15.2. The van der Waals surface area contributed by atoms with Crippen molar-refractivity contribution in [1.82, 2.24) is 4.98 Å². The highest BCUT2D eigenvalue weighted by molar-refractivity contribution is 7.09. The summed E-state index contributed by atoms with van der Waals surface area (Å²) in [5.74, 6) is -0.526. The number of esters is 1. The van der Waals surface area contributed by atoms with Crippen LogP contribution in [0, 0.1) is 36.5 Å². The second-order valence-corrected chi connectivity index (χ2v) is 11.5. The van der Waals surface area contributed by atoms with Gasteiger partial charge in [-0.15, -0.1) is 23.7 Å². The predicted molar refractivity (Wildman–Crippen MR) is 134 cm³/mol. The van der Waals surface area contributed by atoms with Gasteiger partial charge >= 0.3 is 5.97 Å². The van der Waals surface area contributed by atoms with Crippen LogP contribution in [0.1, 0.15) is 70.0 Å². The van der Waals surface area contributed by atoms with Crippen LogP contribution < -0.4 is 0 Å². The topological polar surface area (TPSA) is 109 Å². The zero-order chi connectivity index (χ0) is 26.6. The number of aliphatic hydroxyl groups is 2. The first kappa shape index (κ1) is 28.5. The molecule has 198 valence electrons. The van der Waals surface area contributed by atoms with Gasteiger partial charge < -0.3 is 19.7 Å². The number of hydrogen-bond acceptors (Lipinski definition) is 8. The fraction of sp³-hybridized carbons (Fsp3) is 0.667. The Bertz CT molecular complexity index is 1010. The van der Waals surface area contributed by atoms with Gasteiger partial charge in [0.2, 0.25) is 0 Å². The van der Waals surface area contributed by atoms with Crippen molar-refractivity contribution in [3.8, 4) is 12.3 Å². The van der Waals surface area contributed by atoms with Gasteiger partial charge in [-0.1, -0.05) is 27.2 Å². The molecule has 2 aliphatic rings. The van der Waals surface area contributed by atoms with E-state index in [4.69, 9.17) is 15.9 Å². The number of epoxide rings is 1. The van der Waals surface area contributed by atoms with Crippen molar-refractivity contribution in [1.29, 1.82) is 0 Å². The molecule has 1 aromatic heterocycles. The monoisotopic (exact) mass is 521 g/mol. The molecule has 9 heteroatoms. The minimum absolute atomic E-state index is 0.0208. The molecule has 2 fully saturated rings. The lowest BCUT2D eigenvalue weighted by Crippen LogP contribution is -2.46. The fourth-order valence-corrected chi connectivity index (χ4v) is 5.28. The molecule has 36 heavy (non-hydrogen) atoms. The molecule has 0 bridgehead atoms. The number of ketones is 1. The van der Waals surface area contributed by atoms with Crippen LogP contribution in [0.5, 0.6) is 0 Å². The van der Waals surface area contributed by atoms with Crippen molar-refractivity contribution >= 4 is 29.2 Å². The SMILES string of the molecule is C#CC[C@H]1C(=O)C(C)(C)[C@H](O)CC(=O)O[C@H](/C(F)=C/c2csc(C)n2)C[C@H]2O[C@@H]2CCC[C@@H](C)[C@@H]1O. The molecule has 0 amide bonds. The lowest BCUT2D eigenvalue weighted by molar-refractivity contribution is -0.155. The summed E-state index contributed by atoms with van der Waals surface area (Å²) < 4.78 is 26.4. The van der Waals surface area contributed by atoms with E-state index in [0.29, 0.717) is 18.5 Å². The molecule has 2 aliphatic heterocycles. The van der Waals surface area contributed by atoms with Gasteiger partial charge in [-0.3, -0.25) is 9.59 Å². The van der Waals surface area contributed by atoms with Crippen molar-refractivity contribution in [3.05, 3.63) is 21.9 Å². The van der Waals surface area contributed by atoms with Gasteiger partial charge in [-0.2, -0.15) is 0 Å². The quantitative estimate of drug-likeness (QED) is 0.352. The lowest BCUT2D eigenvalue weighted by atomic mass is 9.71. The summed E-state index contributed by atoms with van der Waals surface area (Å²) >= 11 is 1.38. The number of ether oxygens (including phenoxy) is 2. The first-order valence-electron chi connectivity index (χ1n) is 12.4. The Balaban J connectivity index is 1.85. The zero-order valence-corrected chi connectivity index (χ0v) is 22.1. The summed E-state index contributed by atoms with van der Waals surface area (Å²) in [6, 6.07) is 0. The number of Topliss-reactive ketones (excluding diaryl/α,β-unsaturated/α-hetero) is 1. The van der Waals surface area contributed by atoms with E-state index in [9.17, 15) is 19.8 Å². The highest BCUT2D eigenvalue weighted by Gasteiger charge is 2.45. The minimum atomic E-state index is -1.41. The number of terminal acetylenes is 1. The van der Waals surface area contributed by atoms with E-state index >= 15 is 4.39 Å². The number of carbonyl (C=O) groups excluding carboxylic acids is 2. The first-order valence-corrected chi connectivity index (χ1v) is 13.3. The molecule has 2 saturated heterocycles. The molecule has 0 aliphatic carbocycles. The van der Waals surface area contributed by atoms with E-state index in [2.05, 4.69) is 10.9 Å². The highest BCUT2D eigenvalue weighted by atomic mass is 32.1. The van der Waals surface area contributed by atoms with E-state index in [1.807, 2.05) is 13.8 Å². The number of cyclic esters (lactones) is 1. The van der Waals surface area contributed by atoms with Crippen molar-refractivity contribution in [2.24, 2.45) is 17.3 Å². The predicted octanol–water partition coefficient (Wildman–Crippen LogP) is 4.00. The summed E-state index contributed by atoms with van der Waals surface area (Å²) in [5.41, 5.74) is -0.948. The van der Waals surface area contributed by atoms with Gasteiger partial charge in [0.15, 0.2) is 6.10 Å². The summed E-state index contributed by atoms with van der Waals surface area (Å²) in [6.07, 6.45) is 4.55. The van der Waals surface area contributed by atoms with Crippen LogP contribution in [0.4, 0.5) is 4.39 Å². The Kier molecular flexibility index (Phi) is 9.44. The number of fused-ring (bicyclic) bond motifs is 1. The van der Waals surface area contributed by atoms with Crippen LogP contribution in [-0.4, -0.2) is 57.5 Å². The molecular formula is C27H36FNO6S. The third kappa shape index (κ3) is 7.00.